The van der Waals surface area contributed by atoms with Gasteiger partial charge in [0.2, 0.25) is 5.95 Å². The van der Waals surface area contributed by atoms with E-state index in [0.717, 1.165) is 43.9 Å². The number of piperazine rings is 1. The van der Waals surface area contributed by atoms with E-state index in [9.17, 15) is 9.59 Å². The zero-order valence-electron chi connectivity index (χ0n) is 16.2. The fourth-order valence-corrected chi connectivity index (χ4v) is 3.61. The second-order valence-electron chi connectivity index (χ2n) is 7.16. The number of anilines is 1. The van der Waals surface area contributed by atoms with Crippen molar-refractivity contribution in [1.82, 2.24) is 24.2 Å². The third-order valence-corrected chi connectivity index (χ3v) is 5.24. The maximum Gasteiger partial charge on any atom is 0.266 e. The molecule has 0 bridgehead atoms. The fourth-order valence-electron chi connectivity index (χ4n) is 3.61. The molecule has 1 aromatic carbocycles. The van der Waals surface area contributed by atoms with Gasteiger partial charge in [0.05, 0.1) is 23.1 Å². The SMILES string of the molecule is Cc1ccc(=O)n(CCN2CCN(c3nc4ccccc4c(=O)n3C)CC2)n1. The third-order valence-electron chi connectivity index (χ3n) is 5.24. The molecule has 0 aliphatic carbocycles. The summed E-state index contributed by atoms with van der Waals surface area (Å²) in [4.78, 5) is 33.7. The first kappa shape index (κ1) is 18.4. The Labute approximate surface area is 162 Å². The molecular weight excluding hydrogens is 356 g/mol. The van der Waals surface area contributed by atoms with E-state index in [1.165, 1.54) is 4.68 Å². The lowest BCUT2D eigenvalue weighted by molar-refractivity contribution is 0.241. The van der Waals surface area contributed by atoms with Crippen molar-refractivity contribution in [2.45, 2.75) is 13.5 Å². The van der Waals surface area contributed by atoms with Crippen molar-refractivity contribution in [3.8, 4) is 0 Å². The predicted octanol–water partition coefficient (Wildman–Crippen LogP) is 0.621. The first-order valence-corrected chi connectivity index (χ1v) is 9.51. The highest BCUT2D eigenvalue weighted by molar-refractivity contribution is 5.78. The largest absolute Gasteiger partial charge is 0.340 e. The van der Waals surface area contributed by atoms with Gasteiger partial charge in [-0.25, -0.2) is 9.67 Å². The molecule has 0 unspecified atom stereocenters. The molecule has 0 amide bonds. The van der Waals surface area contributed by atoms with Gasteiger partial charge in [-0.15, -0.1) is 0 Å². The van der Waals surface area contributed by atoms with Gasteiger partial charge in [-0.1, -0.05) is 12.1 Å². The van der Waals surface area contributed by atoms with Gasteiger partial charge in [0.25, 0.3) is 11.1 Å². The number of aryl methyl sites for hydroxylation is 1. The normalized spacial score (nSPS) is 15.3. The summed E-state index contributed by atoms with van der Waals surface area (Å²) in [5.74, 6) is 0.708. The van der Waals surface area contributed by atoms with Crippen molar-refractivity contribution in [3.05, 3.63) is 62.8 Å². The highest BCUT2D eigenvalue weighted by atomic mass is 16.1. The minimum absolute atomic E-state index is 0.0204. The highest BCUT2D eigenvalue weighted by Gasteiger charge is 2.21. The van der Waals surface area contributed by atoms with Crippen molar-refractivity contribution < 1.29 is 0 Å². The first-order chi connectivity index (χ1) is 13.5. The standard InChI is InChI=1S/C20H24N6O2/c1-15-7-8-18(27)26(22-15)14-11-24-9-12-25(13-10-24)20-21-17-6-4-3-5-16(17)19(28)23(20)2/h3-8H,9-14H2,1-2H3. The average Bonchev–Trinajstić information content (AvgIpc) is 2.72. The molecule has 3 heterocycles. The van der Waals surface area contributed by atoms with Gasteiger partial charge in [-0.3, -0.25) is 19.1 Å². The summed E-state index contributed by atoms with van der Waals surface area (Å²) in [7, 11) is 1.78. The van der Waals surface area contributed by atoms with E-state index in [0.29, 0.717) is 17.9 Å². The van der Waals surface area contributed by atoms with Gasteiger partial charge in [0.1, 0.15) is 0 Å². The van der Waals surface area contributed by atoms with Crippen molar-refractivity contribution in [2.75, 3.05) is 37.6 Å². The van der Waals surface area contributed by atoms with Crippen LogP contribution in [-0.2, 0) is 13.6 Å². The van der Waals surface area contributed by atoms with E-state index in [2.05, 4.69) is 14.9 Å². The average molecular weight is 380 g/mol. The third kappa shape index (κ3) is 3.55. The molecule has 1 saturated heterocycles. The molecule has 2 aromatic heterocycles. The minimum Gasteiger partial charge on any atom is -0.340 e. The Bertz CT molecular complexity index is 1110. The summed E-state index contributed by atoms with van der Waals surface area (Å²) in [6.45, 7) is 6.51. The van der Waals surface area contributed by atoms with Gasteiger partial charge in [0, 0.05) is 45.8 Å². The van der Waals surface area contributed by atoms with Crippen molar-refractivity contribution in [2.24, 2.45) is 7.05 Å². The Balaban J connectivity index is 1.44. The van der Waals surface area contributed by atoms with E-state index in [-0.39, 0.29) is 11.1 Å². The number of aromatic nitrogens is 4. The van der Waals surface area contributed by atoms with Crippen LogP contribution in [0.5, 0.6) is 0 Å². The van der Waals surface area contributed by atoms with Crippen molar-refractivity contribution in [3.63, 3.8) is 0 Å². The van der Waals surface area contributed by atoms with E-state index >= 15 is 0 Å². The molecule has 8 nitrogen and oxygen atoms in total. The van der Waals surface area contributed by atoms with E-state index in [4.69, 9.17) is 4.98 Å². The molecule has 3 aromatic rings. The van der Waals surface area contributed by atoms with Crippen molar-refractivity contribution in [1.29, 1.82) is 0 Å². The Kier molecular flexibility index (Phi) is 4.95. The van der Waals surface area contributed by atoms with E-state index in [1.807, 2.05) is 31.2 Å². The van der Waals surface area contributed by atoms with Crippen LogP contribution in [-0.4, -0.2) is 57.0 Å². The number of nitrogens with zero attached hydrogens (tertiary/aromatic N) is 6. The molecule has 0 atom stereocenters. The second-order valence-corrected chi connectivity index (χ2v) is 7.16. The maximum absolute atomic E-state index is 12.6. The molecule has 146 valence electrons. The van der Waals surface area contributed by atoms with Crippen molar-refractivity contribution >= 4 is 16.9 Å². The lowest BCUT2D eigenvalue weighted by Crippen LogP contribution is -2.49. The van der Waals surface area contributed by atoms with Gasteiger partial charge in [-0.2, -0.15) is 5.10 Å². The van der Waals surface area contributed by atoms with Crippen LogP contribution in [0.3, 0.4) is 0 Å². The quantitative estimate of drug-likeness (QED) is 0.661. The summed E-state index contributed by atoms with van der Waals surface area (Å²) in [6, 6.07) is 10.7. The Morgan fingerprint density at radius 1 is 0.964 bits per heavy atom. The Morgan fingerprint density at radius 3 is 2.50 bits per heavy atom. The number of rotatable bonds is 4. The van der Waals surface area contributed by atoms with Crippen LogP contribution in [0.4, 0.5) is 5.95 Å². The lowest BCUT2D eigenvalue weighted by Gasteiger charge is -2.35. The smallest absolute Gasteiger partial charge is 0.266 e. The molecule has 0 saturated carbocycles. The minimum atomic E-state index is -0.0698. The van der Waals surface area contributed by atoms with E-state index in [1.54, 1.807) is 23.7 Å². The Hall–Kier alpha value is -3.00. The van der Waals surface area contributed by atoms with Gasteiger partial charge in [0.15, 0.2) is 0 Å². The molecule has 1 aliphatic rings. The molecule has 0 N–H and O–H groups in total. The summed E-state index contributed by atoms with van der Waals surface area (Å²) in [6.07, 6.45) is 0. The van der Waals surface area contributed by atoms with E-state index < -0.39 is 0 Å². The molecule has 1 fully saturated rings. The molecule has 1 aliphatic heterocycles. The maximum atomic E-state index is 12.6. The molecule has 0 radical (unpaired) electrons. The number of benzene rings is 1. The predicted molar refractivity (Wildman–Crippen MR) is 109 cm³/mol. The number of hydrogen-bond acceptors (Lipinski definition) is 6. The van der Waals surface area contributed by atoms with Gasteiger partial charge < -0.3 is 4.90 Å². The van der Waals surface area contributed by atoms with Crippen LogP contribution in [0, 0.1) is 6.92 Å². The summed E-state index contributed by atoms with van der Waals surface area (Å²) >= 11 is 0. The molecule has 28 heavy (non-hydrogen) atoms. The summed E-state index contributed by atoms with van der Waals surface area (Å²) in [5, 5.41) is 4.93. The fraction of sp³-hybridized carbons (Fsp3) is 0.400. The van der Waals surface area contributed by atoms with Crippen LogP contribution >= 0.6 is 0 Å². The van der Waals surface area contributed by atoms with Crippen LogP contribution in [0.2, 0.25) is 0 Å². The molecular formula is C20H24N6O2. The summed E-state index contributed by atoms with van der Waals surface area (Å²) in [5.41, 5.74) is 1.48. The lowest BCUT2D eigenvalue weighted by atomic mass is 10.2. The highest BCUT2D eigenvalue weighted by Crippen LogP contribution is 2.15. The molecule has 0 spiro atoms. The van der Waals surface area contributed by atoms with Crippen LogP contribution in [0.25, 0.3) is 10.9 Å². The summed E-state index contributed by atoms with van der Waals surface area (Å²) < 4.78 is 3.16. The van der Waals surface area contributed by atoms with Crippen LogP contribution in [0.15, 0.2) is 46.0 Å². The number of hydrogen-bond donors (Lipinski definition) is 0. The number of fused-ring (bicyclic) bond motifs is 1. The zero-order valence-corrected chi connectivity index (χ0v) is 16.2. The van der Waals surface area contributed by atoms with Crippen LogP contribution in [0.1, 0.15) is 5.69 Å². The first-order valence-electron chi connectivity index (χ1n) is 9.51. The monoisotopic (exact) mass is 380 g/mol. The van der Waals surface area contributed by atoms with Crippen LogP contribution < -0.4 is 16.0 Å². The second kappa shape index (κ2) is 7.55. The molecule has 8 heteroatoms. The van der Waals surface area contributed by atoms with Gasteiger partial charge in [-0.05, 0) is 25.1 Å². The molecule has 4 rings (SSSR count). The zero-order chi connectivity index (χ0) is 19.7. The topological polar surface area (TPSA) is 76.3 Å². The number of para-hydroxylation sites is 1. The van der Waals surface area contributed by atoms with Gasteiger partial charge >= 0.3 is 0 Å². The Morgan fingerprint density at radius 2 is 1.71 bits per heavy atom.